The molecule has 2 aromatic rings. The van der Waals surface area contributed by atoms with Crippen molar-refractivity contribution in [2.75, 3.05) is 0 Å². The van der Waals surface area contributed by atoms with Gasteiger partial charge in [-0.1, -0.05) is 0 Å². The van der Waals surface area contributed by atoms with Crippen molar-refractivity contribution in [3.05, 3.63) is 46.0 Å². The highest BCUT2D eigenvalue weighted by Crippen LogP contribution is 2.12. The molecule has 1 heterocycles. The maximum atomic E-state index is 13.0. The molecule has 0 amide bonds. The second kappa shape index (κ2) is 3.44. The maximum Gasteiger partial charge on any atom is 0.341 e. The van der Waals surface area contributed by atoms with E-state index in [1.165, 1.54) is 22.9 Å². The van der Waals surface area contributed by atoms with Crippen molar-refractivity contribution in [2.24, 2.45) is 7.05 Å². The summed E-state index contributed by atoms with van der Waals surface area (Å²) in [4.78, 5) is 22.5. The Kier molecular flexibility index (Phi) is 2.23. The molecule has 0 aliphatic heterocycles. The van der Waals surface area contributed by atoms with Crippen LogP contribution in [0.5, 0.6) is 0 Å². The number of pyridine rings is 1. The highest BCUT2D eigenvalue weighted by molar-refractivity contribution is 5.92. The molecular formula is C11H8FNO3. The van der Waals surface area contributed by atoms with E-state index < -0.39 is 17.2 Å². The number of hydrogen-bond donors (Lipinski definition) is 1. The SMILES string of the molecule is Cn1cc(C(=O)O)c(=O)c2cc(F)ccc21. The Morgan fingerprint density at radius 1 is 1.44 bits per heavy atom. The Bertz CT molecular complexity index is 645. The molecule has 0 unspecified atom stereocenters. The molecule has 0 spiro atoms. The largest absolute Gasteiger partial charge is 0.477 e. The predicted octanol–water partition coefficient (Wildman–Crippen LogP) is 1.38. The van der Waals surface area contributed by atoms with Gasteiger partial charge in [0.1, 0.15) is 11.4 Å². The van der Waals surface area contributed by atoms with Crippen molar-refractivity contribution in [3.8, 4) is 0 Å². The summed E-state index contributed by atoms with van der Waals surface area (Å²) in [6, 6.07) is 3.71. The van der Waals surface area contributed by atoms with Crippen molar-refractivity contribution in [2.45, 2.75) is 0 Å². The molecule has 1 aromatic carbocycles. The number of carbonyl (C=O) groups is 1. The number of halogens is 1. The van der Waals surface area contributed by atoms with Gasteiger partial charge in [-0.15, -0.1) is 0 Å². The zero-order valence-electron chi connectivity index (χ0n) is 8.40. The van der Waals surface area contributed by atoms with E-state index in [-0.39, 0.29) is 10.9 Å². The third-order valence-electron chi connectivity index (χ3n) is 2.38. The average molecular weight is 221 g/mol. The normalized spacial score (nSPS) is 10.6. The molecule has 2 rings (SSSR count). The molecule has 0 fully saturated rings. The highest BCUT2D eigenvalue weighted by atomic mass is 19.1. The minimum absolute atomic E-state index is 0.0717. The topological polar surface area (TPSA) is 59.3 Å². The van der Waals surface area contributed by atoms with Gasteiger partial charge in [-0.25, -0.2) is 9.18 Å². The van der Waals surface area contributed by atoms with Crippen LogP contribution in [0.25, 0.3) is 10.9 Å². The van der Waals surface area contributed by atoms with Crippen LogP contribution in [0.15, 0.2) is 29.2 Å². The lowest BCUT2D eigenvalue weighted by atomic mass is 10.1. The molecule has 0 aliphatic rings. The Morgan fingerprint density at radius 3 is 2.75 bits per heavy atom. The summed E-state index contributed by atoms with van der Waals surface area (Å²) < 4.78 is 14.5. The van der Waals surface area contributed by atoms with E-state index in [4.69, 9.17) is 5.11 Å². The Balaban J connectivity index is 2.98. The van der Waals surface area contributed by atoms with Crippen LogP contribution in [-0.4, -0.2) is 15.6 Å². The van der Waals surface area contributed by atoms with Gasteiger partial charge in [-0.05, 0) is 18.2 Å². The Morgan fingerprint density at radius 2 is 2.12 bits per heavy atom. The monoisotopic (exact) mass is 221 g/mol. The Hall–Kier alpha value is -2.17. The van der Waals surface area contributed by atoms with Gasteiger partial charge in [0.2, 0.25) is 5.43 Å². The van der Waals surface area contributed by atoms with Crippen molar-refractivity contribution >= 4 is 16.9 Å². The molecule has 82 valence electrons. The summed E-state index contributed by atoms with van der Waals surface area (Å²) in [5, 5.41) is 8.88. The average Bonchev–Trinajstić information content (AvgIpc) is 2.22. The van der Waals surface area contributed by atoms with Gasteiger partial charge in [0.05, 0.1) is 5.52 Å². The molecular weight excluding hydrogens is 213 g/mol. The van der Waals surface area contributed by atoms with Crippen LogP contribution in [0, 0.1) is 5.82 Å². The van der Waals surface area contributed by atoms with Gasteiger partial charge in [0.15, 0.2) is 0 Å². The van der Waals surface area contributed by atoms with Crippen LogP contribution >= 0.6 is 0 Å². The maximum absolute atomic E-state index is 13.0. The second-order valence-electron chi connectivity index (χ2n) is 3.45. The molecule has 0 radical (unpaired) electrons. The third kappa shape index (κ3) is 1.46. The quantitative estimate of drug-likeness (QED) is 0.791. The van der Waals surface area contributed by atoms with Gasteiger partial charge in [0, 0.05) is 18.6 Å². The fourth-order valence-corrected chi connectivity index (χ4v) is 1.62. The highest BCUT2D eigenvalue weighted by Gasteiger charge is 2.13. The number of nitrogens with zero attached hydrogens (tertiary/aromatic N) is 1. The zero-order chi connectivity index (χ0) is 11.9. The number of aryl methyl sites for hydroxylation is 1. The summed E-state index contributed by atoms with van der Waals surface area (Å²) in [5.74, 6) is -1.88. The van der Waals surface area contributed by atoms with Gasteiger partial charge < -0.3 is 9.67 Å². The summed E-state index contributed by atoms with van der Waals surface area (Å²) >= 11 is 0. The first kappa shape index (κ1) is 10.4. The molecule has 0 atom stereocenters. The number of hydrogen-bond acceptors (Lipinski definition) is 2. The minimum atomic E-state index is -1.31. The van der Waals surface area contributed by atoms with E-state index in [9.17, 15) is 14.0 Å². The van der Waals surface area contributed by atoms with E-state index in [2.05, 4.69) is 0 Å². The van der Waals surface area contributed by atoms with E-state index in [0.717, 1.165) is 6.07 Å². The smallest absolute Gasteiger partial charge is 0.341 e. The number of aromatic nitrogens is 1. The molecule has 0 saturated heterocycles. The van der Waals surface area contributed by atoms with Crippen LogP contribution in [0.1, 0.15) is 10.4 Å². The molecule has 16 heavy (non-hydrogen) atoms. The second-order valence-corrected chi connectivity index (χ2v) is 3.45. The first-order valence-electron chi connectivity index (χ1n) is 4.53. The molecule has 0 saturated carbocycles. The molecule has 5 heteroatoms. The lowest BCUT2D eigenvalue weighted by Gasteiger charge is -2.06. The van der Waals surface area contributed by atoms with Crippen LogP contribution in [-0.2, 0) is 7.05 Å². The number of carboxylic acid groups (broad SMARTS) is 1. The number of benzene rings is 1. The summed E-state index contributed by atoms with van der Waals surface area (Å²) in [6.07, 6.45) is 1.23. The predicted molar refractivity (Wildman–Crippen MR) is 56.1 cm³/mol. The first-order valence-corrected chi connectivity index (χ1v) is 4.53. The van der Waals surface area contributed by atoms with E-state index in [1.54, 1.807) is 7.05 Å². The minimum Gasteiger partial charge on any atom is -0.477 e. The molecule has 1 N–H and O–H groups in total. The molecule has 0 aliphatic carbocycles. The number of fused-ring (bicyclic) bond motifs is 1. The van der Waals surface area contributed by atoms with Crippen molar-refractivity contribution in [1.29, 1.82) is 0 Å². The lowest BCUT2D eigenvalue weighted by molar-refractivity contribution is 0.0695. The van der Waals surface area contributed by atoms with Gasteiger partial charge in [-0.2, -0.15) is 0 Å². The number of carboxylic acids is 1. The van der Waals surface area contributed by atoms with Crippen molar-refractivity contribution in [1.82, 2.24) is 4.57 Å². The van der Waals surface area contributed by atoms with E-state index in [0.29, 0.717) is 5.52 Å². The third-order valence-corrected chi connectivity index (χ3v) is 2.38. The van der Waals surface area contributed by atoms with Crippen molar-refractivity contribution < 1.29 is 14.3 Å². The molecule has 0 bridgehead atoms. The number of rotatable bonds is 1. The Labute approximate surface area is 89.6 Å². The molecule has 4 nitrogen and oxygen atoms in total. The fourth-order valence-electron chi connectivity index (χ4n) is 1.62. The fraction of sp³-hybridized carbons (Fsp3) is 0.0909. The first-order chi connectivity index (χ1) is 7.50. The van der Waals surface area contributed by atoms with Crippen LogP contribution < -0.4 is 5.43 Å². The lowest BCUT2D eigenvalue weighted by Crippen LogP contribution is -2.17. The van der Waals surface area contributed by atoms with Gasteiger partial charge in [0.25, 0.3) is 0 Å². The van der Waals surface area contributed by atoms with E-state index >= 15 is 0 Å². The van der Waals surface area contributed by atoms with E-state index in [1.807, 2.05) is 0 Å². The standard InChI is InChI=1S/C11H8FNO3/c1-13-5-8(11(15)16)10(14)7-4-6(12)2-3-9(7)13/h2-5H,1H3,(H,15,16). The van der Waals surface area contributed by atoms with Gasteiger partial charge in [-0.3, -0.25) is 4.79 Å². The molecule has 1 aromatic heterocycles. The summed E-state index contributed by atoms with van der Waals surface area (Å²) in [7, 11) is 1.60. The van der Waals surface area contributed by atoms with Crippen LogP contribution in [0.4, 0.5) is 4.39 Å². The zero-order valence-corrected chi connectivity index (χ0v) is 8.40. The summed E-state index contributed by atoms with van der Waals surface area (Å²) in [5.41, 5.74) is -0.530. The van der Waals surface area contributed by atoms with Gasteiger partial charge >= 0.3 is 5.97 Å². The van der Waals surface area contributed by atoms with Crippen molar-refractivity contribution in [3.63, 3.8) is 0 Å². The number of aromatic carboxylic acids is 1. The summed E-state index contributed by atoms with van der Waals surface area (Å²) in [6.45, 7) is 0. The van der Waals surface area contributed by atoms with Crippen LogP contribution in [0.3, 0.4) is 0 Å². The van der Waals surface area contributed by atoms with Crippen LogP contribution in [0.2, 0.25) is 0 Å².